The van der Waals surface area contributed by atoms with Gasteiger partial charge in [-0.2, -0.15) is 0 Å². The minimum atomic E-state index is -0.857. The minimum absolute atomic E-state index is 0.0116. The molecule has 1 aliphatic rings. The summed E-state index contributed by atoms with van der Waals surface area (Å²) in [5.41, 5.74) is 1.51. The number of hydrogen-bond acceptors (Lipinski definition) is 33. The largest absolute Gasteiger partial charge is 0.519 e. The van der Waals surface area contributed by atoms with Gasteiger partial charge in [0, 0.05) is 37.0 Å². The summed E-state index contributed by atoms with van der Waals surface area (Å²) in [5, 5.41) is 0. The number of Topliss-reactive ketones (excluding diaryl/α,β-unsaturated/α-hetero) is 1. The van der Waals surface area contributed by atoms with Crippen LogP contribution in [0, 0.1) is 86.9 Å². The Hall–Kier alpha value is -10.6. The molecule has 0 spiro atoms. The summed E-state index contributed by atoms with van der Waals surface area (Å²) >= 11 is 1.74. The van der Waals surface area contributed by atoms with Gasteiger partial charge in [0.1, 0.15) is 24.1 Å². The van der Waals surface area contributed by atoms with Crippen LogP contribution in [0.4, 0.5) is 0 Å². The second kappa shape index (κ2) is 55.5. The predicted molar refractivity (Wildman–Crippen MR) is 456 cm³/mol. The molecule has 0 radical (unpaired) electrons. The van der Waals surface area contributed by atoms with Gasteiger partial charge in [-0.25, -0.2) is 28.8 Å². The normalized spacial score (nSPS) is 12.3. The van der Waals surface area contributed by atoms with Gasteiger partial charge in [-0.1, -0.05) is 161 Å². The molecule has 33 heteroatoms. The van der Waals surface area contributed by atoms with Crippen LogP contribution >= 0.6 is 11.8 Å². The van der Waals surface area contributed by atoms with E-state index in [2.05, 4.69) is 108 Å². The molecule has 0 amide bonds. The van der Waals surface area contributed by atoms with Gasteiger partial charge >= 0.3 is 70.9 Å². The van der Waals surface area contributed by atoms with E-state index in [0.717, 1.165) is 59.5 Å². The molecule has 5 aromatic rings. The van der Waals surface area contributed by atoms with E-state index in [1.807, 2.05) is 62.3 Å². The number of thioether (sulfide) groups is 1. The molecule has 0 aliphatic carbocycles. The molecule has 1 atom stereocenters. The number of ether oxygens (including phenoxy) is 9. The van der Waals surface area contributed by atoms with E-state index in [1.54, 1.807) is 81.0 Å². The highest BCUT2D eigenvalue weighted by Gasteiger charge is 2.33. The van der Waals surface area contributed by atoms with Crippen LogP contribution in [0.1, 0.15) is 267 Å². The number of carbonyl (C=O) groups excluding carboxylic acids is 8. The zero-order valence-corrected chi connectivity index (χ0v) is 77.9. The quantitative estimate of drug-likeness (QED) is 0.0115. The van der Waals surface area contributed by atoms with Crippen molar-refractivity contribution in [1.29, 1.82) is 0 Å². The van der Waals surface area contributed by atoms with Gasteiger partial charge in [0.05, 0.1) is 35.7 Å². The van der Waals surface area contributed by atoms with Crippen molar-refractivity contribution in [3.63, 3.8) is 0 Å². The van der Waals surface area contributed by atoms with E-state index in [1.165, 1.54) is 6.92 Å². The summed E-state index contributed by atoms with van der Waals surface area (Å²) in [6.07, 6.45) is 6.00. The summed E-state index contributed by atoms with van der Waals surface area (Å²) in [5.74, 6) is -0.265. The van der Waals surface area contributed by atoms with Gasteiger partial charge in [-0.3, -0.25) is 33.6 Å². The van der Waals surface area contributed by atoms with Crippen LogP contribution < -0.4 is 29.1 Å². The summed E-state index contributed by atoms with van der Waals surface area (Å²) in [6, 6.07) is 0. The molecule has 1 fully saturated rings. The lowest BCUT2D eigenvalue weighted by Gasteiger charge is -2.28. The first-order valence-electron chi connectivity index (χ1n) is 40.5. The number of allylic oxidation sites excluding steroid dienone is 5. The third-order valence-electron chi connectivity index (χ3n) is 17.6. The van der Waals surface area contributed by atoms with E-state index in [-0.39, 0.29) is 140 Å². The fourth-order valence-corrected chi connectivity index (χ4v) is 9.91. The molecule has 0 aromatic carbocycles. The van der Waals surface area contributed by atoms with Crippen molar-refractivity contribution in [3.05, 3.63) is 183 Å². The van der Waals surface area contributed by atoms with E-state index in [0.29, 0.717) is 77.4 Å². The van der Waals surface area contributed by atoms with Crippen molar-refractivity contribution >= 4 is 59.3 Å². The molecule has 0 N–H and O–H groups in total. The van der Waals surface area contributed by atoms with Gasteiger partial charge in [0.15, 0.2) is 97.2 Å². The Morgan fingerprint density at radius 2 is 0.805 bits per heavy atom. The highest BCUT2D eigenvalue weighted by molar-refractivity contribution is 8.03. The van der Waals surface area contributed by atoms with Crippen LogP contribution in [-0.2, 0) is 114 Å². The molecular formula is C90H134O32S. The fourth-order valence-electron chi connectivity index (χ4n) is 9.27. The van der Waals surface area contributed by atoms with Gasteiger partial charge in [-0.15, -0.1) is 11.8 Å². The van der Waals surface area contributed by atoms with Gasteiger partial charge in [-0.05, 0) is 141 Å². The highest BCUT2D eigenvalue weighted by atomic mass is 32.2. The SMILES string of the molecule is C=C(C(C)C)[C@H]1CCC(=O)O1.C=C(C)SCCCC(=O)C(C)C.C=C(CC(C)(C)CC(=O)OCc1oc(=O)oc1C)C(C)C.C=C(CCCC(=O)OCc1oc(=O)oc1C)C(C)C.C=C(OC(C)(C)CC(=O)OCc1oc(=O)oc1C)C(C)C.C=C(OCC(C)(C)C(=O)OCc1oc(=O)oc1C)C(C)C.Cc1oc(=O)oc1COC(=O)COC(=O)C(C)C. The summed E-state index contributed by atoms with van der Waals surface area (Å²) in [7, 11) is 0. The van der Waals surface area contributed by atoms with E-state index in [9.17, 15) is 62.3 Å². The zero-order valence-electron chi connectivity index (χ0n) is 77.1. The van der Waals surface area contributed by atoms with Crippen LogP contribution in [0.2, 0.25) is 0 Å². The first kappa shape index (κ1) is 112. The fraction of sp³-hybridized carbons (Fsp3) is 0.611. The summed E-state index contributed by atoms with van der Waals surface area (Å²) < 4.78 is 92.9. The molecule has 1 aliphatic heterocycles. The second-order valence-corrected chi connectivity index (χ2v) is 34.5. The number of rotatable bonds is 41. The van der Waals surface area contributed by atoms with Gasteiger partial charge in [0.2, 0.25) is 0 Å². The van der Waals surface area contributed by atoms with Crippen molar-refractivity contribution in [2.45, 2.75) is 289 Å². The molecule has 5 aromatic heterocycles. The molecule has 0 unspecified atom stereocenters. The molecule has 123 heavy (non-hydrogen) atoms. The maximum atomic E-state index is 12.1. The maximum Gasteiger partial charge on any atom is 0.519 e. The number of cyclic esters (lactones) is 1. The second-order valence-electron chi connectivity index (χ2n) is 33.1. The predicted octanol–water partition coefficient (Wildman–Crippen LogP) is 18.3. The van der Waals surface area contributed by atoms with E-state index >= 15 is 0 Å². The lowest BCUT2D eigenvalue weighted by molar-refractivity contribution is -0.161. The Kier molecular flexibility index (Phi) is 50.7. The van der Waals surface area contributed by atoms with Crippen LogP contribution in [-0.4, -0.2) is 78.2 Å². The lowest BCUT2D eigenvalue weighted by Crippen LogP contribution is -2.31. The van der Waals surface area contributed by atoms with E-state index < -0.39 is 70.6 Å². The number of esters is 7. The first-order valence-corrected chi connectivity index (χ1v) is 41.4. The Balaban J connectivity index is 0.00000143. The average Bonchev–Trinajstić information content (AvgIpc) is 1.85. The Morgan fingerprint density at radius 1 is 0.415 bits per heavy atom. The standard InChI is InChI=1S/C16H24O5.2C15H22O6.C14H20O5.C11H14O7.C10H18OS.C9H14O2/c1-10(2)11(3)7-16(5,6)8-14(17)19-9-13-12(4)20-15(18)21-13;1-9(2)10(3)21-15(5,6)7-13(16)18-8-12-11(4)19-14(17)20-12;1-9(2)10(3)19-8-15(5,6)13(16)18-7-12-11(4)20-14(17)21-12;1-9(2)10(3)6-5-7-13(15)17-8-12-11(4)18-14(16)19-12;1-6(2)10(13)16-5-9(12)15-4-8-7(3)17-11(14)18-8;1-8(2)10(11)6-5-7-12-9(3)4;1-6(2)7(3)8-4-5-9(10)11-8/h10H,3,7-9H2,1-2,4-6H3;2*9H,3,7-8H2,1-2,4-6H3;9H,3,5-8H2,1-2,4H3;6H,4-5H2,1-3H3;8H,3,5-7H2,1-2,4H3;6,8H,3-5H2,1-2H3/t;;;;;;8-/m......1/s1. The number of carbonyl (C=O) groups is 8. The minimum Gasteiger partial charge on any atom is -0.497 e. The molecular weight excluding hydrogens is 1630 g/mol. The Bertz CT molecular complexity index is 4450. The van der Waals surface area contributed by atoms with Crippen molar-refractivity contribution in [2.75, 3.05) is 19.0 Å². The van der Waals surface area contributed by atoms with Crippen molar-refractivity contribution in [1.82, 2.24) is 0 Å². The zero-order chi connectivity index (χ0) is 94.7. The molecule has 6 rings (SSSR count). The molecule has 32 nitrogen and oxygen atoms in total. The lowest BCUT2D eigenvalue weighted by atomic mass is 9.80. The summed E-state index contributed by atoms with van der Waals surface area (Å²) in [4.78, 5) is 147. The smallest absolute Gasteiger partial charge is 0.497 e. The average molecular weight is 1760 g/mol. The molecule has 6 heterocycles. The third kappa shape index (κ3) is 48.7. The number of aryl methyl sites for hydroxylation is 5. The summed E-state index contributed by atoms with van der Waals surface area (Å²) in [6.45, 7) is 70.5. The first-order chi connectivity index (χ1) is 56.8. The topological polar surface area (TPSA) is 436 Å². The maximum absolute atomic E-state index is 12.1. The van der Waals surface area contributed by atoms with E-state index in [4.69, 9.17) is 60.0 Å². The van der Waals surface area contributed by atoms with Crippen LogP contribution in [0.25, 0.3) is 0 Å². The monoisotopic (exact) mass is 1760 g/mol. The number of ketones is 1. The van der Waals surface area contributed by atoms with Crippen molar-refractivity contribution in [3.8, 4) is 0 Å². The molecule has 0 saturated carbocycles. The van der Waals surface area contributed by atoms with Crippen LogP contribution in [0.5, 0.6) is 0 Å². The highest BCUT2D eigenvalue weighted by Crippen LogP contribution is 2.33. The third-order valence-corrected chi connectivity index (χ3v) is 18.6. The molecule has 0 bridgehead atoms. The van der Waals surface area contributed by atoms with Crippen LogP contribution in [0.3, 0.4) is 0 Å². The van der Waals surface area contributed by atoms with Crippen molar-refractivity contribution < 1.29 is 125 Å². The molecule has 692 valence electrons. The number of hydrogen-bond donors (Lipinski definition) is 0. The van der Waals surface area contributed by atoms with Gasteiger partial charge < -0.3 is 86.8 Å². The van der Waals surface area contributed by atoms with Crippen LogP contribution in [0.15, 0.2) is 141 Å². The Morgan fingerprint density at radius 3 is 1.15 bits per heavy atom. The van der Waals surface area contributed by atoms with Crippen molar-refractivity contribution in [2.24, 2.45) is 52.3 Å². The Labute approximate surface area is 724 Å². The van der Waals surface area contributed by atoms with Gasteiger partial charge in [0.25, 0.3) is 0 Å². The molecule has 1 saturated heterocycles.